The molecule has 0 spiro atoms. The molecule has 92 valence electrons. The molecule has 0 fully saturated rings. The third kappa shape index (κ3) is 4.71. The van der Waals surface area contributed by atoms with Gasteiger partial charge in [-0.1, -0.05) is 17.7 Å². The molecule has 0 saturated carbocycles. The Bertz CT molecular complexity index is 425. The van der Waals surface area contributed by atoms with Crippen molar-refractivity contribution in [1.29, 1.82) is 0 Å². The van der Waals surface area contributed by atoms with Crippen LogP contribution in [0.1, 0.15) is 0 Å². The number of carbonyl (C=O) groups is 2. The number of hydrogen-bond donors (Lipinski definition) is 4. The van der Waals surface area contributed by atoms with Crippen molar-refractivity contribution < 1.29 is 19.8 Å². The molecule has 1 atom stereocenters. The van der Waals surface area contributed by atoms with Gasteiger partial charge in [0.2, 0.25) is 0 Å². The fourth-order valence-electron chi connectivity index (χ4n) is 1.02. The van der Waals surface area contributed by atoms with Gasteiger partial charge in [-0.2, -0.15) is 0 Å². The maximum atomic E-state index is 11.3. The predicted molar refractivity (Wildman–Crippen MR) is 62.1 cm³/mol. The number of carboxylic acid groups (broad SMARTS) is 1. The molecule has 0 unspecified atom stereocenters. The molecular formula is C10H11ClN2O4. The number of aliphatic carboxylic acids is 1. The maximum absolute atomic E-state index is 11.3. The first kappa shape index (κ1) is 13.3. The van der Waals surface area contributed by atoms with E-state index >= 15 is 0 Å². The van der Waals surface area contributed by atoms with Crippen LogP contribution in [0, 0.1) is 0 Å². The van der Waals surface area contributed by atoms with Crippen molar-refractivity contribution >= 4 is 29.3 Å². The van der Waals surface area contributed by atoms with E-state index in [1.165, 1.54) is 6.07 Å². The number of nitrogens with one attached hydrogen (secondary N) is 2. The van der Waals surface area contributed by atoms with E-state index in [4.69, 9.17) is 21.8 Å². The second-order valence-electron chi connectivity index (χ2n) is 3.20. The number of rotatable bonds is 4. The molecule has 0 aliphatic heterocycles. The number of carbonyl (C=O) groups excluding carboxylic acids is 1. The van der Waals surface area contributed by atoms with Crippen molar-refractivity contribution in [2.45, 2.75) is 6.10 Å². The van der Waals surface area contributed by atoms with Crippen LogP contribution in [-0.2, 0) is 4.79 Å². The molecule has 1 rings (SSSR count). The Kier molecular flexibility index (Phi) is 4.74. The first-order valence-corrected chi connectivity index (χ1v) is 5.08. The van der Waals surface area contributed by atoms with Crippen LogP contribution < -0.4 is 10.6 Å². The molecular weight excluding hydrogens is 248 g/mol. The zero-order chi connectivity index (χ0) is 12.8. The molecule has 4 N–H and O–H groups in total. The summed E-state index contributed by atoms with van der Waals surface area (Å²) in [5, 5.41) is 22.4. The van der Waals surface area contributed by atoms with Gasteiger partial charge in [-0.05, 0) is 18.2 Å². The molecule has 0 bridgehead atoms. The average molecular weight is 259 g/mol. The largest absolute Gasteiger partial charge is 0.479 e. The van der Waals surface area contributed by atoms with Crippen molar-refractivity contribution in [3.8, 4) is 0 Å². The van der Waals surface area contributed by atoms with E-state index in [0.29, 0.717) is 10.7 Å². The van der Waals surface area contributed by atoms with Crippen LogP contribution in [0.3, 0.4) is 0 Å². The van der Waals surface area contributed by atoms with Gasteiger partial charge in [-0.15, -0.1) is 0 Å². The predicted octanol–water partition coefficient (Wildman–Crippen LogP) is 0.907. The van der Waals surface area contributed by atoms with Gasteiger partial charge in [0.1, 0.15) is 0 Å². The Morgan fingerprint density at radius 3 is 2.71 bits per heavy atom. The summed E-state index contributed by atoms with van der Waals surface area (Å²) in [6, 6.07) is 5.85. The molecule has 2 amide bonds. The molecule has 1 aromatic carbocycles. The smallest absolute Gasteiger partial charge is 0.334 e. The van der Waals surface area contributed by atoms with Gasteiger partial charge in [0, 0.05) is 10.7 Å². The van der Waals surface area contributed by atoms with Crippen molar-refractivity contribution in [2.75, 3.05) is 11.9 Å². The lowest BCUT2D eigenvalue weighted by atomic mass is 10.3. The van der Waals surface area contributed by atoms with E-state index in [1.54, 1.807) is 18.2 Å². The van der Waals surface area contributed by atoms with Gasteiger partial charge in [0.25, 0.3) is 0 Å². The Morgan fingerprint density at radius 1 is 1.41 bits per heavy atom. The third-order valence-corrected chi connectivity index (χ3v) is 2.06. The number of aliphatic hydroxyl groups is 1. The topological polar surface area (TPSA) is 98.7 Å². The lowest BCUT2D eigenvalue weighted by molar-refractivity contribution is -0.146. The zero-order valence-electron chi connectivity index (χ0n) is 8.68. The molecule has 7 heteroatoms. The molecule has 0 heterocycles. The standard InChI is InChI=1S/C10H11ClN2O4/c11-6-2-1-3-7(4-6)13-10(17)12-5-8(14)9(15)16/h1-4,8,14H,5H2,(H,15,16)(H2,12,13,17)/t8-/m0/s1. The molecule has 6 nitrogen and oxygen atoms in total. The second kappa shape index (κ2) is 6.07. The van der Waals surface area contributed by atoms with Crippen LogP contribution >= 0.6 is 11.6 Å². The number of aliphatic hydroxyl groups excluding tert-OH is 1. The number of amides is 2. The Labute approximate surface area is 102 Å². The molecule has 0 aliphatic rings. The minimum Gasteiger partial charge on any atom is -0.479 e. The Hall–Kier alpha value is -1.79. The monoisotopic (exact) mass is 258 g/mol. The van der Waals surface area contributed by atoms with Crippen LogP contribution in [0.2, 0.25) is 5.02 Å². The molecule has 0 aromatic heterocycles. The highest BCUT2D eigenvalue weighted by Crippen LogP contribution is 2.14. The Balaban J connectivity index is 2.42. The number of benzene rings is 1. The van der Waals surface area contributed by atoms with Crippen LogP contribution in [0.25, 0.3) is 0 Å². The van der Waals surface area contributed by atoms with Crippen LogP contribution in [-0.4, -0.2) is 34.9 Å². The summed E-state index contributed by atoms with van der Waals surface area (Å²) in [4.78, 5) is 21.6. The number of halogens is 1. The van der Waals surface area contributed by atoms with Crippen LogP contribution in [0.5, 0.6) is 0 Å². The third-order valence-electron chi connectivity index (χ3n) is 1.82. The quantitative estimate of drug-likeness (QED) is 0.645. The SMILES string of the molecule is O=C(NC[C@H](O)C(=O)O)Nc1cccc(Cl)c1. The lowest BCUT2D eigenvalue weighted by Gasteiger charge is -2.09. The summed E-state index contributed by atoms with van der Waals surface area (Å²) >= 11 is 5.71. The van der Waals surface area contributed by atoms with Gasteiger partial charge >= 0.3 is 12.0 Å². The zero-order valence-corrected chi connectivity index (χ0v) is 9.44. The second-order valence-corrected chi connectivity index (χ2v) is 3.64. The molecule has 0 aliphatic carbocycles. The molecule has 1 aromatic rings. The Morgan fingerprint density at radius 2 is 2.12 bits per heavy atom. The van der Waals surface area contributed by atoms with E-state index < -0.39 is 18.1 Å². The van der Waals surface area contributed by atoms with Crippen molar-refractivity contribution in [3.63, 3.8) is 0 Å². The summed E-state index contributed by atoms with van der Waals surface area (Å²) in [5.41, 5.74) is 0.472. The normalized spacial score (nSPS) is 11.6. The first-order valence-electron chi connectivity index (χ1n) is 4.70. The molecule has 17 heavy (non-hydrogen) atoms. The van der Waals surface area contributed by atoms with Crippen molar-refractivity contribution in [2.24, 2.45) is 0 Å². The van der Waals surface area contributed by atoms with E-state index in [2.05, 4.69) is 10.6 Å². The average Bonchev–Trinajstić information content (AvgIpc) is 2.25. The number of anilines is 1. The van der Waals surface area contributed by atoms with Crippen molar-refractivity contribution in [3.05, 3.63) is 29.3 Å². The number of urea groups is 1. The first-order chi connectivity index (χ1) is 7.99. The summed E-state index contributed by atoms with van der Waals surface area (Å²) in [6.07, 6.45) is -1.62. The summed E-state index contributed by atoms with van der Waals surface area (Å²) in [6.45, 7) is -0.373. The highest BCUT2D eigenvalue weighted by molar-refractivity contribution is 6.30. The van der Waals surface area contributed by atoms with E-state index in [1.807, 2.05) is 0 Å². The lowest BCUT2D eigenvalue weighted by Crippen LogP contribution is -2.38. The van der Waals surface area contributed by atoms with E-state index in [0.717, 1.165) is 0 Å². The highest BCUT2D eigenvalue weighted by Gasteiger charge is 2.13. The maximum Gasteiger partial charge on any atom is 0.334 e. The number of hydrogen-bond acceptors (Lipinski definition) is 3. The molecule has 0 saturated heterocycles. The minimum absolute atomic E-state index is 0.373. The highest BCUT2D eigenvalue weighted by atomic mass is 35.5. The van der Waals surface area contributed by atoms with E-state index in [9.17, 15) is 9.59 Å². The van der Waals surface area contributed by atoms with Gasteiger partial charge in [0.05, 0.1) is 6.54 Å². The molecule has 0 radical (unpaired) electrons. The fraction of sp³-hybridized carbons (Fsp3) is 0.200. The van der Waals surface area contributed by atoms with Gasteiger partial charge < -0.3 is 20.8 Å². The van der Waals surface area contributed by atoms with Crippen LogP contribution in [0.15, 0.2) is 24.3 Å². The fourth-order valence-corrected chi connectivity index (χ4v) is 1.21. The van der Waals surface area contributed by atoms with Crippen molar-refractivity contribution in [1.82, 2.24) is 5.32 Å². The van der Waals surface area contributed by atoms with Gasteiger partial charge in [0.15, 0.2) is 6.10 Å². The number of carboxylic acids is 1. The summed E-state index contributed by atoms with van der Waals surface area (Å²) < 4.78 is 0. The van der Waals surface area contributed by atoms with Gasteiger partial charge in [-0.3, -0.25) is 0 Å². The van der Waals surface area contributed by atoms with Crippen LogP contribution in [0.4, 0.5) is 10.5 Å². The van der Waals surface area contributed by atoms with Gasteiger partial charge in [-0.25, -0.2) is 9.59 Å². The van der Waals surface area contributed by atoms with E-state index in [-0.39, 0.29) is 6.54 Å². The minimum atomic E-state index is -1.62. The summed E-state index contributed by atoms with van der Waals surface area (Å²) in [5.74, 6) is -1.40. The summed E-state index contributed by atoms with van der Waals surface area (Å²) in [7, 11) is 0.